The first-order valence-electron chi connectivity index (χ1n) is 4.64. The maximum atomic E-state index is 11.4. The number of hydrogen-bond acceptors (Lipinski definition) is 2. The van der Waals surface area contributed by atoms with Crippen molar-refractivity contribution in [3.8, 4) is 0 Å². The van der Waals surface area contributed by atoms with Crippen LogP contribution in [-0.2, 0) is 9.53 Å². The van der Waals surface area contributed by atoms with Gasteiger partial charge in [0.25, 0.3) is 0 Å². The van der Waals surface area contributed by atoms with Gasteiger partial charge in [0.1, 0.15) is 5.38 Å². The van der Waals surface area contributed by atoms with Crippen LogP contribution >= 0.6 is 11.6 Å². The lowest BCUT2D eigenvalue weighted by atomic mass is 10.4. The van der Waals surface area contributed by atoms with E-state index in [0.717, 1.165) is 0 Å². The van der Waals surface area contributed by atoms with Gasteiger partial charge >= 0.3 is 0 Å². The Balaban J connectivity index is 3.81. The minimum absolute atomic E-state index is 0.0242. The lowest BCUT2D eigenvalue weighted by Crippen LogP contribution is -2.37. The Hall–Kier alpha value is -0.280. The number of ether oxygens (including phenoxy) is 1. The van der Waals surface area contributed by atoms with Gasteiger partial charge in [0.05, 0.1) is 6.61 Å². The molecule has 78 valence electrons. The number of likely N-dealkylation sites (N-methyl/N-ethyl adjacent to an activating group) is 1. The summed E-state index contributed by atoms with van der Waals surface area (Å²) in [6.07, 6.45) is 0. The SMILES string of the molecule is CCOCCN(CC)C(=O)C(C)Cl. The number of amides is 1. The summed E-state index contributed by atoms with van der Waals surface area (Å²) < 4.78 is 5.16. The molecule has 0 saturated heterocycles. The molecule has 0 radical (unpaired) electrons. The number of nitrogens with zero attached hydrogens (tertiary/aromatic N) is 1. The summed E-state index contributed by atoms with van der Waals surface area (Å²) in [4.78, 5) is 13.1. The molecule has 0 fully saturated rings. The van der Waals surface area contributed by atoms with Crippen molar-refractivity contribution in [1.29, 1.82) is 0 Å². The number of carbonyl (C=O) groups excluding carboxylic acids is 1. The summed E-state index contributed by atoms with van der Waals surface area (Å²) in [5.41, 5.74) is 0. The van der Waals surface area contributed by atoms with Crippen LogP contribution in [-0.4, -0.2) is 42.5 Å². The van der Waals surface area contributed by atoms with E-state index in [-0.39, 0.29) is 5.91 Å². The van der Waals surface area contributed by atoms with E-state index in [9.17, 15) is 4.79 Å². The van der Waals surface area contributed by atoms with Gasteiger partial charge in [-0.2, -0.15) is 0 Å². The maximum absolute atomic E-state index is 11.4. The summed E-state index contributed by atoms with van der Waals surface area (Å²) in [6, 6.07) is 0. The van der Waals surface area contributed by atoms with Crippen LogP contribution in [0.2, 0.25) is 0 Å². The zero-order chi connectivity index (χ0) is 10.3. The highest BCUT2D eigenvalue weighted by atomic mass is 35.5. The molecule has 0 aliphatic carbocycles. The highest BCUT2D eigenvalue weighted by Gasteiger charge is 2.16. The van der Waals surface area contributed by atoms with Crippen molar-refractivity contribution in [2.75, 3.05) is 26.3 Å². The van der Waals surface area contributed by atoms with Crippen molar-refractivity contribution >= 4 is 17.5 Å². The van der Waals surface area contributed by atoms with E-state index < -0.39 is 5.38 Å². The Kier molecular flexibility index (Phi) is 7.00. The van der Waals surface area contributed by atoms with Gasteiger partial charge in [-0.05, 0) is 20.8 Å². The topological polar surface area (TPSA) is 29.5 Å². The van der Waals surface area contributed by atoms with Gasteiger partial charge in [0.2, 0.25) is 5.91 Å². The van der Waals surface area contributed by atoms with Gasteiger partial charge in [-0.25, -0.2) is 0 Å². The number of rotatable bonds is 6. The number of carbonyl (C=O) groups is 1. The Morgan fingerprint density at radius 2 is 2.15 bits per heavy atom. The van der Waals surface area contributed by atoms with Crippen LogP contribution in [0.15, 0.2) is 0 Å². The van der Waals surface area contributed by atoms with E-state index in [1.807, 2.05) is 13.8 Å². The number of hydrogen-bond donors (Lipinski definition) is 0. The van der Waals surface area contributed by atoms with Crippen molar-refractivity contribution in [3.63, 3.8) is 0 Å². The third-order valence-corrected chi connectivity index (χ3v) is 1.93. The normalized spacial score (nSPS) is 12.6. The van der Waals surface area contributed by atoms with Crippen LogP contribution < -0.4 is 0 Å². The standard InChI is InChI=1S/C9H18ClNO2/c1-4-11(6-7-13-5-2)9(12)8(3)10/h8H,4-7H2,1-3H3. The molecular weight excluding hydrogens is 190 g/mol. The second-order valence-corrected chi connectivity index (χ2v) is 3.39. The minimum Gasteiger partial charge on any atom is -0.380 e. The summed E-state index contributed by atoms with van der Waals surface area (Å²) in [7, 11) is 0. The quantitative estimate of drug-likeness (QED) is 0.488. The van der Waals surface area contributed by atoms with Gasteiger partial charge in [-0.1, -0.05) is 0 Å². The first kappa shape index (κ1) is 12.7. The molecule has 0 aromatic carbocycles. The van der Waals surface area contributed by atoms with Crippen molar-refractivity contribution in [2.24, 2.45) is 0 Å². The molecule has 0 bridgehead atoms. The highest BCUT2D eigenvalue weighted by molar-refractivity contribution is 6.30. The fourth-order valence-electron chi connectivity index (χ4n) is 0.995. The molecule has 0 heterocycles. The van der Waals surface area contributed by atoms with E-state index in [4.69, 9.17) is 16.3 Å². The molecule has 1 unspecified atom stereocenters. The largest absolute Gasteiger partial charge is 0.380 e. The molecular formula is C9H18ClNO2. The monoisotopic (exact) mass is 207 g/mol. The Morgan fingerprint density at radius 1 is 1.54 bits per heavy atom. The molecule has 0 aromatic heterocycles. The molecule has 1 amide bonds. The summed E-state index contributed by atoms with van der Waals surface area (Å²) in [5, 5.41) is -0.443. The van der Waals surface area contributed by atoms with Crippen LogP contribution in [0.1, 0.15) is 20.8 Å². The summed E-state index contributed by atoms with van der Waals surface area (Å²) in [6.45, 7) is 8.13. The summed E-state index contributed by atoms with van der Waals surface area (Å²) in [5.74, 6) is -0.0242. The van der Waals surface area contributed by atoms with Gasteiger partial charge in [0.15, 0.2) is 0 Å². The molecule has 0 saturated carbocycles. The van der Waals surface area contributed by atoms with Crippen molar-refractivity contribution in [2.45, 2.75) is 26.1 Å². The van der Waals surface area contributed by atoms with Crippen molar-refractivity contribution in [1.82, 2.24) is 4.90 Å². The fraction of sp³-hybridized carbons (Fsp3) is 0.889. The third kappa shape index (κ3) is 5.11. The van der Waals surface area contributed by atoms with Gasteiger partial charge in [-0.3, -0.25) is 4.79 Å². The Bertz CT molecular complexity index is 151. The van der Waals surface area contributed by atoms with Gasteiger partial charge < -0.3 is 9.64 Å². The molecule has 0 rings (SSSR count). The van der Waals surface area contributed by atoms with Crippen LogP contribution in [0.25, 0.3) is 0 Å². The molecule has 4 heteroatoms. The average Bonchev–Trinajstić information content (AvgIpc) is 2.11. The van der Waals surface area contributed by atoms with Gasteiger partial charge in [0, 0.05) is 19.7 Å². The molecule has 1 atom stereocenters. The molecule has 13 heavy (non-hydrogen) atoms. The van der Waals surface area contributed by atoms with Gasteiger partial charge in [-0.15, -0.1) is 11.6 Å². The predicted molar refractivity (Wildman–Crippen MR) is 54.1 cm³/mol. The maximum Gasteiger partial charge on any atom is 0.240 e. The minimum atomic E-state index is -0.443. The lowest BCUT2D eigenvalue weighted by molar-refractivity contribution is -0.131. The third-order valence-electron chi connectivity index (χ3n) is 1.74. The van der Waals surface area contributed by atoms with E-state index in [1.165, 1.54) is 0 Å². The van der Waals surface area contributed by atoms with E-state index in [2.05, 4.69) is 0 Å². The Labute approximate surface area is 85.0 Å². The van der Waals surface area contributed by atoms with Crippen LogP contribution in [0.5, 0.6) is 0 Å². The van der Waals surface area contributed by atoms with Crippen LogP contribution in [0.3, 0.4) is 0 Å². The van der Waals surface area contributed by atoms with Crippen LogP contribution in [0.4, 0.5) is 0 Å². The molecule has 3 nitrogen and oxygen atoms in total. The second kappa shape index (κ2) is 7.15. The zero-order valence-corrected chi connectivity index (χ0v) is 9.30. The van der Waals surface area contributed by atoms with E-state index in [1.54, 1.807) is 11.8 Å². The number of alkyl halides is 1. The van der Waals surface area contributed by atoms with E-state index in [0.29, 0.717) is 26.3 Å². The second-order valence-electron chi connectivity index (χ2n) is 2.73. The van der Waals surface area contributed by atoms with Crippen molar-refractivity contribution in [3.05, 3.63) is 0 Å². The zero-order valence-electron chi connectivity index (χ0n) is 8.55. The first-order valence-corrected chi connectivity index (χ1v) is 5.07. The molecule has 0 N–H and O–H groups in total. The summed E-state index contributed by atoms with van der Waals surface area (Å²) >= 11 is 5.68. The Morgan fingerprint density at radius 3 is 2.54 bits per heavy atom. The van der Waals surface area contributed by atoms with E-state index >= 15 is 0 Å². The molecule has 0 aromatic rings. The highest BCUT2D eigenvalue weighted by Crippen LogP contribution is 2.01. The first-order chi connectivity index (χ1) is 6.13. The lowest BCUT2D eigenvalue weighted by Gasteiger charge is -2.21. The van der Waals surface area contributed by atoms with Crippen molar-refractivity contribution < 1.29 is 9.53 Å². The predicted octanol–water partition coefficient (Wildman–Crippen LogP) is 1.50. The fourth-order valence-corrected chi connectivity index (χ4v) is 1.13. The molecule has 0 aliphatic heterocycles. The molecule has 0 spiro atoms. The molecule has 0 aliphatic rings. The number of halogens is 1. The average molecular weight is 208 g/mol. The smallest absolute Gasteiger partial charge is 0.240 e. The van der Waals surface area contributed by atoms with Crippen LogP contribution in [0, 0.1) is 0 Å².